The normalized spacial score (nSPS) is 24.3. The van der Waals surface area contributed by atoms with Crippen LogP contribution < -0.4 is 0 Å². The lowest BCUT2D eigenvalue weighted by atomic mass is 9.73. The van der Waals surface area contributed by atoms with E-state index in [2.05, 4.69) is 35.6 Å². The van der Waals surface area contributed by atoms with E-state index in [1.165, 1.54) is 0 Å². The molecule has 2 aliphatic heterocycles. The highest BCUT2D eigenvalue weighted by atomic mass is 16.2. The zero-order valence-electron chi connectivity index (χ0n) is 16.4. The molecule has 0 radical (unpaired) electrons. The Balaban J connectivity index is 1.62. The van der Waals surface area contributed by atoms with Gasteiger partial charge < -0.3 is 14.8 Å². The highest BCUT2D eigenvalue weighted by molar-refractivity contribution is 5.78. The number of hydrogen-bond acceptors (Lipinski definition) is 3. The number of piperidine rings is 2. The van der Waals surface area contributed by atoms with Crippen LogP contribution in [0.2, 0.25) is 0 Å². The number of likely N-dealkylation sites (tertiary alicyclic amines) is 2. The van der Waals surface area contributed by atoms with E-state index in [1.807, 2.05) is 11.1 Å². The van der Waals surface area contributed by atoms with Crippen LogP contribution in [0.1, 0.15) is 58.6 Å². The smallest absolute Gasteiger partial charge is 0.223 e. The van der Waals surface area contributed by atoms with E-state index in [4.69, 9.17) is 0 Å². The maximum absolute atomic E-state index is 12.7. The Hall–Kier alpha value is -1.85. The maximum Gasteiger partial charge on any atom is 0.223 e. The summed E-state index contributed by atoms with van der Waals surface area (Å²) in [6, 6.07) is 0. The van der Waals surface area contributed by atoms with E-state index in [0.29, 0.717) is 12.8 Å². The summed E-state index contributed by atoms with van der Waals surface area (Å²) in [5.41, 5.74) is 1.15. The van der Waals surface area contributed by atoms with Crippen molar-refractivity contribution >= 4 is 11.8 Å². The van der Waals surface area contributed by atoms with Crippen LogP contribution in [0.5, 0.6) is 0 Å². The lowest BCUT2D eigenvalue weighted by Crippen LogP contribution is -2.55. The monoisotopic (exact) mass is 360 g/mol. The molecule has 1 atom stereocenters. The highest BCUT2D eigenvalue weighted by Crippen LogP contribution is 2.39. The van der Waals surface area contributed by atoms with Gasteiger partial charge in [-0.25, -0.2) is 4.98 Å². The van der Waals surface area contributed by atoms with Crippen LogP contribution in [0.25, 0.3) is 0 Å². The number of carbonyl (C=O) groups excluding carboxylic acids is 2. The molecule has 0 unspecified atom stereocenters. The lowest BCUT2D eigenvalue weighted by Gasteiger charge is -2.48. The van der Waals surface area contributed by atoms with Crippen molar-refractivity contribution in [1.82, 2.24) is 19.8 Å². The second kappa shape index (κ2) is 7.41. The quantitative estimate of drug-likeness (QED) is 0.897. The van der Waals surface area contributed by atoms with Crippen LogP contribution in [-0.4, -0.2) is 57.8 Å². The van der Waals surface area contributed by atoms with E-state index < -0.39 is 0 Å². The molecule has 1 N–H and O–H groups in total. The highest BCUT2D eigenvalue weighted by Gasteiger charge is 2.42. The van der Waals surface area contributed by atoms with Gasteiger partial charge in [-0.3, -0.25) is 9.59 Å². The van der Waals surface area contributed by atoms with Gasteiger partial charge in [-0.05, 0) is 24.7 Å². The topological polar surface area (TPSA) is 69.3 Å². The zero-order valence-corrected chi connectivity index (χ0v) is 16.4. The molecule has 6 nitrogen and oxygen atoms in total. The molecule has 0 aliphatic carbocycles. The van der Waals surface area contributed by atoms with Gasteiger partial charge in [-0.1, -0.05) is 20.8 Å². The van der Waals surface area contributed by atoms with Gasteiger partial charge >= 0.3 is 0 Å². The van der Waals surface area contributed by atoms with Gasteiger partial charge in [0, 0.05) is 62.7 Å². The van der Waals surface area contributed by atoms with E-state index in [-0.39, 0.29) is 22.6 Å². The van der Waals surface area contributed by atoms with Gasteiger partial charge in [-0.2, -0.15) is 0 Å². The molecular weight excluding hydrogens is 328 g/mol. The largest absolute Gasteiger partial charge is 0.348 e. The molecule has 0 bridgehead atoms. The predicted octanol–water partition coefficient (Wildman–Crippen LogP) is 2.62. The second-order valence-corrected chi connectivity index (χ2v) is 9.30. The molecular formula is C20H32N4O2. The van der Waals surface area contributed by atoms with Crippen molar-refractivity contribution in [2.24, 2.45) is 10.8 Å². The summed E-state index contributed by atoms with van der Waals surface area (Å²) in [6.07, 6.45) is 8.54. The van der Waals surface area contributed by atoms with Crippen molar-refractivity contribution in [3.63, 3.8) is 0 Å². The molecule has 2 amide bonds. The van der Waals surface area contributed by atoms with E-state index >= 15 is 0 Å². The standard InChI is InChI=1S/C20H32N4O2/c1-19(2,3)11-18(26)23-9-4-7-20(13-23)8-5-17(25)24(14-20)10-6-16-12-21-15-22-16/h12,15H,4-11,13-14H2,1-3H3,(H,21,22)/t20-/m0/s1. The Kier molecular flexibility index (Phi) is 5.39. The molecule has 3 heterocycles. The first kappa shape index (κ1) is 18.9. The first-order valence-corrected chi connectivity index (χ1v) is 9.79. The van der Waals surface area contributed by atoms with Gasteiger partial charge in [0.05, 0.1) is 6.33 Å². The number of aromatic nitrogens is 2. The molecule has 2 fully saturated rings. The lowest BCUT2D eigenvalue weighted by molar-refractivity contribution is -0.143. The summed E-state index contributed by atoms with van der Waals surface area (Å²) in [6.45, 7) is 9.50. The number of hydrogen-bond donors (Lipinski definition) is 1. The number of imidazole rings is 1. The maximum atomic E-state index is 12.7. The van der Waals surface area contributed by atoms with Gasteiger partial charge in [0.15, 0.2) is 0 Å². The summed E-state index contributed by atoms with van der Waals surface area (Å²) in [7, 11) is 0. The molecule has 2 saturated heterocycles. The minimum Gasteiger partial charge on any atom is -0.348 e. The molecule has 144 valence electrons. The fourth-order valence-corrected chi connectivity index (χ4v) is 4.30. The number of aromatic amines is 1. The Morgan fingerprint density at radius 1 is 1.31 bits per heavy atom. The molecule has 0 saturated carbocycles. The third kappa shape index (κ3) is 4.65. The number of H-pyrrole nitrogens is 1. The van der Waals surface area contributed by atoms with Crippen LogP contribution in [0.3, 0.4) is 0 Å². The number of nitrogens with zero attached hydrogens (tertiary/aromatic N) is 3. The van der Waals surface area contributed by atoms with Crippen LogP contribution in [0.4, 0.5) is 0 Å². The van der Waals surface area contributed by atoms with Gasteiger partial charge in [0.1, 0.15) is 0 Å². The van der Waals surface area contributed by atoms with Crippen molar-refractivity contribution in [2.45, 2.75) is 59.3 Å². The summed E-state index contributed by atoms with van der Waals surface area (Å²) in [5, 5.41) is 0. The average molecular weight is 361 g/mol. The Labute approximate surface area is 156 Å². The Morgan fingerprint density at radius 3 is 2.81 bits per heavy atom. The van der Waals surface area contributed by atoms with E-state index in [9.17, 15) is 9.59 Å². The minimum absolute atomic E-state index is 0.0142. The fourth-order valence-electron chi connectivity index (χ4n) is 4.30. The predicted molar refractivity (Wildman–Crippen MR) is 100 cm³/mol. The van der Waals surface area contributed by atoms with Crippen LogP contribution in [-0.2, 0) is 16.0 Å². The molecule has 0 aromatic carbocycles. The third-order valence-electron chi connectivity index (χ3n) is 5.65. The molecule has 1 spiro atoms. The first-order valence-electron chi connectivity index (χ1n) is 9.79. The van der Waals surface area contributed by atoms with Crippen LogP contribution in [0.15, 0.2) is 12.5 Å². The SMILES string of the molecule is CC(C)(C)CC(=O)N1CCC[C@]2(CCC(=O)N(CCc3cnc[nH]3)C2)C1. The fraction of sp³-hybridized carbons (Fsp3) is 0.750. The number of rotatable bonds is 4. The van der Waals surface area contributed by atoms with Gasteiger partial charge in [0.25, 0.3) is 0 Å². The molecule has 1 aromatic rings. The summed E-state index contributed by atoms with van der Waals surface area (Å²) in [4.78, 5) is 36.3. The van der Waals surface area contributed by atoms with Crippen molar-refractivity contribution in [1.29, 1.82) is 0 Å². The first-order chi connectivity index (χ1) is 12.3. The van der Waals surface area contributed by atoms with E-state index in [1.54, 1.807) is 6.33 Å². The number of amides is 2. The molecule has 1 aromatic heterocycles. The number of carbonyl (C=O) groups is 2. The van der Waals surface area contributed by atoms with Crippen molar-refractivity contribution < 1.29 is 9.59 Å². The second-order valence-electron chi connectivity index (χ2n) is 9.30. The average Bonchev–Trinajstić information content (AvgIpc) is 3.08. The van der Waals surface area contributed by atoms with Crippen molar-refractivity contribution in [2.75, 3.05) is 26.2 Å². The molecule has 3 rings (SSSR count). The van der Waals surface area contributed by atoms with Crippen LogP contribution in [0, 0.1) is 10.8 Å². The summed E-state index contributed by atoms with van der Waals surface area (Å²) in [5.74, 6) is 0.505. The summed E-state index contributed by atoms with van der Waals surface area (Å²) < 4.78 is 0. The van der Waals surface area contributed by atoms with Crippen molar-refractivity contribution in [3.05, 3.63) is 18.2 Å². The zero-order chi connectivity index (χ0) is 18.8. The van der Waals surface area contributed by atoms with Gasteiger partial charge in [-0.15, -0.1) is 0 Å². The third-order valence-corrected chi connectivity index (χ3v) is 5.65. The number of nitrogens with one attached hydrogen (secondary N) is 1. The van der Waals surface area contributed by atoms with E-state index in [0.717, 1.165) is 57.6 Å². The molecule has 26 heavy (non-hydrogen) atoms. The molecule has 2 aliphatic rings. The Bertz CT molecular complexity index is 635. The van der Waals surface area contributed by atoms with Crippen LogP contribution >= 0.6 is 0 Å². The Morgan fingerprint density at radius 2 is 2.12 bits per heavy atom. The van der Waals surface area contributed by atoms with Gasteiger partial charge in [0.2, 0.25) is 11.8 Å². The molecule has 6 heteroatoms. The minimum atomic E-state index is 0.0142. The van der Waals surface area contributed by atoms with Crippen molar-refractivity contribution in [3.8, 4) is 0 Å². The summed E-state index contributed by atoms with van der Waals surface area (Å²) >= 11 is 0.